The maximum absolute atomic E-state index is 5.92. The van der Waals surface area contributed by atoms with Crippen molar-refractivity contribution in [1.82, 2.24) is 4.90 Å². The first kappa shape index (κ1) is 14.9. The minimum Gasteiger partial charge on any atom is -0.383 e. The van der Waals surface area contributed by atoms with Crippen LogP contribution in [0.1, 0.15) is 39.5 Å². The van der Waals surface area contributed by atoms with Crippen molar-refractivity contribution >= 4 is 0 Å². The van der Waals surface area contributed by atoms with E-state index >= 15 is 0 Å². The summed E-state index contributed by atoms with van der Waals surface area (Å²) in [5, 5.41) is 0. The summed E-state index contributed by atoms with van der Waals surface area (Å²) in [6, 6.07) is 1.16. The third kappa shape index (κ3) is 3.94. The van der Waals surface area contributed by atoms with Crippen LogP contribution in [0, 0.1) is 11.8 Å². The molecule has 0 spiro atoms. The monoisotopic (exact) mass is 242 g/mol. The number of rotatable bonds is 6. The molecule has 1 rings (SSSR count). The van der Waals surface area contributed by atoms with Crippen LogP contribution in [-0.2, 0) is 4.74 Å². The van der Waals surface area contributed by atoms with Crippen molar-refractivity contribution in [2.24, 2.45) is 17.6 Å². The summed E-state index contributed by atoms with van der Waals surface area (Å²) < 4.78 is 5.37. The predicted molar refractivity (Wildman–Crippen MR) is 73.1 cm³/mol. The van der Waals surface area contributed by atoms with E-state index < -0.39 is 0 Å². The van der Waals surface area contributed by atoms with E-state index in [-0.39, 0.29) is 0 Å². The number of hydrogen-bond donors (Lipinski definition) is 1. The zero-order valence-electron chi connectivity index (χ0n) is 12.0. The Morgan fingerprint density at radius 3 is 2.47 bits per heavy atom. The highest BCUT2D eigenvalue weighted by Gasteiger charge is 2.32. The lowest BCUT2D eigenvalue weighted by Gasteiger charge is -2.43. The van der Waals surface area contributed by atoms with Gasteiger partial charge in [-0.25, -0.2) is 0 Å². The molecule has 0 amide bonds. The number of methoxy groups -OCH3 is 1. The maximum Gasteiger partial charge on any atom is 0.0620 e. The van der Waals surface area contributed by atoms with Crippen LogP contribution >= 0.6 is 0 Å². The molecule has 17 heavy (non-hydrogen) atoms. The van der Waals surface area contributed by atoms with Crippen molar-refractivity contribution in [3.8, 4) is 0 Å². The topological polar surface area (TPSA) is 38.5 Å². The van der Waals surface area contributed by atoms with Gasteiger partial charge in [0, 0.05) is 19.2 Å². The summed E-state index contributed by atoms with van der Waals surface area (Å²) in [7, 11) is 4.05. The second kappa shape index (κ2) is 7.34. The molecule has 0 aromatic rings. The molecule has 102 valence electrons. The molecule has 0 aromatic carbocycles. The smallest absolute Gasteiger partial charge is 0.0620 e. The highest BCUT2D eigenvalue weighted by molar-refractivity contribution is 4.86. The molecule has 1 fully saturated rings. The molecule has 0 bridgehead atoms. The molecule has 1 saturated carbocycles. The van der Waals surface area contributed by atoms with Gasteiger partial charge in [0.2, 0.25) is 0 Å². The summed E-state index contributed by atoms with van der Waals surface area (Å²) in [5.41, 5.74) is 5.92. The van der Waals surface area contributed by atoms with Crippen LogP contribution in [0.3, 0.4) is 0 Å². The van der Waals surface area contributed by atoms with Gasteiger partial charge in [-0.2, -0.15) is 0 Å². The number of hydrogen-bond acceptors (Lipinski definition) is 3. The average molecular weight is 242 g/mol. The van der Waals surface area contributed by atoms with Crippen LogP contribution in [0.2, 0.25) is 0 Å². The zero-order chi connectivity index (χ0) is 12.8. The van der Waals surface area contributed by atoms with E-state index in [9.17, 15) is 0 Å². The van der Waals surface area contributed by atoms with Gasteiger partial charge < -0.3 is 10.5 Å². The Labute approximate surface area is 107 Å². The van der Waals surface area contributed by atoms with Gasteiger partial charge in [-0.05, 0) is 38.3 Å². The van der Waals surface area contributed by atoms with Crippen LogP contribution in [0.4, 0.5) is 0 Å². The molecule has 3 unspecified atom stereocenters. The highest BCUT2D eigenvalue weighted by Crippen LogP contribution is 2.29. The first-order valence-electron chi connectivity index (χ1n) is 7.02. The molecule has 0 aliphatic heterocycles. The Kier molecular flexibility index (Phi) is 6.45. The zero-order valence-corrected chi connectivity index (χ0v) is 12.0. The van der Waals surface area contributed by atoms with Crippen LogP contribution in [0.5, 0.6) is 0 Å². The van der Waals surface area contributed by atoms with E-state index in [2.05, 4.69) is 25.8 Å². The normalized spacial score (nSPS) is 27.7. The van der Waals surface area contributed by atoms with E-state index in [0.29, 0.717) is 23.9 Å². The fourth-order valence-electron chi connectivity index (χ4n) is 3.20. The van der Waals surface area contributed by atoms with Gasteiger partial charge in [-0.3, -0.25) is 4.90 Å². The molecule has 3 nitrogen and oxygen atoms in total. The van der Waals surface area contributed by atoms with E-state index in [1.807, 2.05) is 0 Å². The maximum atomic E-state index is 5.92. The predicted octanol–water partition coefficient (Wildman–Crippen LogP) is 2.11. The average Bonchev–Trinajstić information content (AvgIpc) is 2.34. The first-order valence-corrected chi connectivity index (χ1v) is 7.02. The number of nitrogens with two attached hydrogens (primary N) is 1. The number of likely N-dealkylation sites (N-methyl/N-ethyl adjacent to an activating group) is 1. The second-order valence-electron chi connectivity index (χ2n) is 5.78. The molecule has 0 radical (unpaired) electrons. The molecule has 0 saturated heterocycles. The fraction of sp³-hybridized carbons (Fsp3) is 1.00. The Bertz CT molecular complexity index is 208. The second-order valence-corrected chi connectivity index (χ2v) is 5.78. The molecule has 1 aliphatic carbocycles. The van der Waals surface area contributed by atoms with Gasteiger partial charge in [-0.1, -0.05) is 26.7 Å². The van der Waals surface area contributed by atoms with Crippen LogP contribution in [0.15, 0.2) is 0 Å². The number of ether oxygens (including phenoxy) is 1. The molecule has 0 aromatic heterocycles. The van der Waals surface area contributed by atoms with Gasteiger partial charge in [0.05, 0.1) is 6.61 Å². The van der Waals surface area contributed by atoms with Crippen molar-refractivity contribution < 1.29 is 4.74 Å². The molecular weight excluding hydrogens is 212 g/mol. The standard InChI is InChI=1S/C14H30N2O/c1-11(2)14(10-17-4)16(3)13-8-6-5-7-12(13)9-15/h11-14H,5-10,15H2,1-4H3. The van der Waals surface area contributed by atoms with Gasteiger partial charge in [0.15, 0.2) is 0 Å². The molecular formula is C14H30N2O. The van der Waals surface area contributed by atoms with Crippen molar-refractivity contribution in [1.29, 1.82) is 0 Å². The third-order valence-electron chi connectivity index (χ3n) is 4.32. The molecule has 1 aliphatic rings. The molecule has 0 heterocycles. The summed E-state index contributed by atoms with van der Waals surface area (Å²) in [6.07, 6.45) is 5.29. The fourth-order valence-corrected chi connectivity index (χ4v) is 3.20. The van der Waals surface area contributed by atoms with E-state index in [0.717, 1.165) is 13.2 Å². The first-order chi connectivity index (χ1) is 8.11. The quantitative estimate of drug-likeness (QED) is 0.775. The highest BCUT2D eigenvalue weighted by atomic mass is 16.5. The van der Waals surface area contributed by atoms with Crippen LogP contribution in [0.25, 0.3) is 0 Å². The molecule has 2 N–H and O–H groups in total. The van der Waals surface area contributed by atoms with Gasteiger partial charge in [0.1, 0.15) is 0 Å². The minimum atomic E-state index is 0.511. The Hall–Kier alpha value is -0.120. The Morgan fingerprint density at radius 2 is 1.94 bits per heavy atom. The van der Waals surface area contributed by atoms with Crippen molar-refractivity contribution in [3.63, 3.8) is 0 Å². The Balaban J connectivity index is 2.66. The van der Waals surface area contributed by atoms with Crippen LogP contribution < -0.4 is 5.73 Å². The summed E-state index contributed by atoms with van der Waals surface area (Å²) >= 11 is 0. The Morgan fingerprint density at radius 1 is 1.29 bits per heavy atom. The third-order valence-corrected chi connectivity index (χ3v) is 4.32. The van der Waals surface area contributed by atoms with Crippen LogP contribution in [-0.4, -0.2) is 44.3 Å². The summed E-state index contributed by atoms with van der Waals surface area (Å²) in [6.45, 7) is 6.20. The minimum absolute atomic E-state index is 0.511. The van der Waals surface area contributed by atoms with Gasteiger partial charge >= 0.3 is 0 Å². The lowest BCUT2D eigenvalue weighted by atomic mass is 9.82. The molecule has 3 heteroatoms. The van der Waals surface area contributed by atoms with Crippen molar-refractivity contribution in [2.75, 3.05) is 27.3 Å². The van der Waals surface area contributed by atoms with E-state index in [4.69, 9.17) is 10.5 Å². The lowest BCUT2D eigenvalue weighted by Crippen LogP contribution is -2.51. The van der Waals surface area contributed by atoms with Crippen molar-refractivity contribution in [3.05, 3.63) is 0 Å². The number of nitrogens with zero attached hydrogens (tertiary/aromatic N) is 1. The van der Waals surface area contributed by atoms with Crippen molar-refractivity contribution in [2.45, 2.75) is 51.6 Å². The summed E-state index contributed by atoms with van der Waals surface area (Å²) in [4.78, 5) is 2.53. The van der Waals surface area contributed by atoms with E-state index in [1.54, 1.807) is 7.11 Å². The molecule has 3 atom stereocenters. The van der Waals surface area contributed by atoms with E-state index in [1.165, 1.54) is 25.7 Å². The lowest BCUT2D eigenvalue weighted by molar-refractivity contribution is 0.0238. The SMILES string of the molecule is COCC(C(C)C)N(C)C1CCCCC1CN. The van der Waals surface area contributed by atoms with Gasteiger partial charge in [-0.15, -0.1) is 0 Å². The van der Waals surface area contributed by atoms with Gasteiger partial charge in [0.25, 0.3) is 0 Å². The summed E-state index contributed by atoms with van der Waals surface area (Å²) in [5.74, 6) is 1.30. The largest absolute Gasteiger partial charge is 0.383 e.